The van der Waals surface area contributed by atoms with Crippen LogP contribution < -0.4 is 10.2 Å². The van der Waals surface area contributed by atoms with Gasteiger partial charge in [0.05, 0.1) is 5.69 Å². The Balaban J connectivity index is 2.39. The molecule has 106 valence electrons. The predicted octanol–water partition coefficient (Wildman–Crippen LogP) is 3.49. The van der Waals surface area contributed by atoms with Crippen molar-refractivity contribution in [2.75, 3.05) is 18.0 Å². The van der Waals surface area contributed by atoms with Crippen molar-refractivity contribution in [1.82, 2.24) is 10.3 Å². The largest absolute Gasteiger partial charge is 0.339 e. The van der Waals surface area contributed by atoms with E-state index in [1.165, 1.54) is 6.07 Å². The number of benzene rings is 1. The first-order valence-corrected chi connectivity index (χ1v) is 6.93. The molecular weight excluding hydrogens is 253 g/mol. The van der Waals surface area contributed by atoms with Gasteiger partial charge < -0.3 is 10.2 Å². The molecule has 0 amide bonds. The van der Waals surface area contributed by atoms with Gasteiger partial charge in [0.25, 0.3) is 0 Å². The summed E-state index contributed by atoms with van der Waals surface area (Å²) in [4.78, 5) is 6.15. The van der Waals surface area contributed by atoms with Crippen molar-refractivity contribution in [3.8, 4) is 0 Å². The molecule has 0 saturated heterocycles. The third kappa shape index (κ3) is 3.14. The average molecular weight is 273 g/mol. The number of rotatable bonds is 6. The number of pyridine rings is 1. The van der Waals surface area contributed by atoms with Crippen LogP contribution in [0.15, 0.2) is 42.7 Å². The number of para-hydroxylation sites is 1. The zero-order valence-electron chi connectivity index (χ0n) is 11.9. The van der Waals surface area contributed by atoms with Crippen molar-refractivity contribution in [3.63, 3.8) is 0 Å². The van der Waals surface area contributed by atoms with Crippen LogP contribution >= 0.6 is 0 Å². The maximum atomic E-state index is 14.0. The Morgan fingerprint density at radius 2 is 1.95 bits per heavy atom. The highest BCUT2D eigenvalue weighted by atomic mass is 19.1. The Kier molecular flexibility index (Phi) is 5.07. The number of aromatic nitrogens is 1. The van der Waals surface area contributed by atoms with Crippen molar-refractivity contribution >= 4 is 11.4 Å². The second kappa shape index (κ2) is 7.01. The van der Waals surface area contributed by atoms with Gasteiger partial charge in [-0.25, -0.2) is 4.39 Å². The number of nitrogens with one attached hydrogen (secondary N) is 1. The molecule has 1 aromatic carbocycles. The highest BCUT2D eigenvalue weighted by Crippen LogP contribution is 2.29. The summed E-state index contributed by atoms with van der Waals surface area (Å²) in [6.07, 6.45) is 3.58. The van der Waals surface area contributed by atoms with Gasteiger partial charge in [0.15, 0.2) is 0 Å². The summed E-state index contributed by atoms with van der Waals surface area (Å²) < 4.78 is 14.0. The Bertz CT molecular complexity index is 557. The molecule has 0 aliphatic heterocycles. The lowest BCUT2D eigenvalue weighted by molar-refractivity contribution is 0.625. The van der Waals surface area contributed by atoms with Gasteiger partial charge in [0, 0.05) is 36.7 Å². The van der Waals surface area contributed by atoms with Crippen molar-refractivity contribution in [3.05, 3.63) is 54.1 Å². The van der Waals surface area contributed by atoms with Gasteiger partial charge in [0.1, 0.15) is 5.82 Å². The third-order valence-electron chi connectivity index (χ3n) is 3.19. The molecule has 0 saturated carbocycles. The lowest BCUT2D eigenvalue weighted by Gasteiger charge is -2.26. The molecule has 0 aliphatic rings. The van der Waals surface area contributed by atoms with E-state index in [1.54, 1.807) is 18.3 Å². The van der Waals surface area contributed by atoms with Gasteiger partial charge >= 0.3 is 0 Å². The van der Waals surface area contributed by atoms with E-state index in [0.717, 1.165) is 24.3 Å². The summed E-state index contributed by atoms with van der Waals surface area (Å²) in [6, 6.07) is 8.78. The molecule has 1 heterocycles. The van der Waals surface area contributed by atoms with E-state index >= 15 is 0 Å². The maximum absolute atomic E-state index is 14.0. The molecule has 2 rings (SSSR count). The van der Waals surface area contributed by atoms with Crippen molar-refractivity contribution in [2.24, 2.45) is 0 Å². The smallest absolute Gasteiger partial charge is 0.146 e. The van der Waals surface area contributed by atoms with Gasteiger partial charge in [-0.3, -0.25) is 4.98 Å². The fourth-order valence-corrected chi connectivity index (χ4v) is 2.22. The van der Waals surface area contributed by atoms with Crippen LogP contribution in [0.4, 0.5) is 15.8 Å². The van der Waals surface area contributed by atoms with Crippen LogP contribution in [0.1, 0.15) is 19.4 Å². The van der Waals surface area contributed by atoms with Gasteiger partial charge in [0.2, 0.25) is 0 Å². The Morgan fingerprint density at radius 1 is 1.15 bits per heavy atom. The Hall–Kier alpha value is -1.94. The van der Waals surface area contributed by atoms with E-state index in [2.05, 4.69) is 17.2 Å². The van der Waals surface area contributed by atoms with Gasteiger partial charge in [-0.15, -0.1) is 0 Å². The number of nitrogens with zero attached hydrogens (tertiary/aromatic N) is 2. The molecule has 2 aromatic rings. The van der Waals surface area contributed by atoms with Crippen LogP contribution in [0.5, 0.6) is 0 Å². The van der Waals surface area contributed by atoms with E-state index < -0.39 is 0 Å². The second-order valence-corrected chi connectivity index (χ2v) is 4.48. The molecule has 0 unspecified atom stereocenters. The highest BCUT2D eigenvalue weighted by molar-refractivity contribution is 5.66. The number of anilines is 2. The van der Waals surface area contributed by atoms with Crippen molar-refractivity contribution in [2.45, 2.75) is 20.4 Å². The summed E-state index contributed by atoms with van der Waals surface area (Å²) in [6.45, 7) is 6.39. The fraction of sp³-hybridized carbons (Fsp3) is 0.312. The average Bonchev–Trinajstić information content (AvgIpc) is 2.49. The molecule has 0 aliphatic carbocycles. The van der Waals surface area contributed by atoms with Gasteiger partial charge in [-0.05, 0) is 31.7 Å². The Labute approximate surface area is 119 Å². The highest BCUT2D eigenvalue weighted by Gasteiger charge is 2.14. The summed E-state index contributed by atoms with van der Waals surface area (Å²) in [5.41, 5.74) is 2.66. The predicted molar refractivity (Wildman–Crippen MR) is 80.7 cm³/mol. The summed E-state index contributed by atoms with van der Waals surface area (Å²) in [7, 11) is 0. The van der Waals surface area contributed by atoms with Crippen LogP contribution in [-0.4, -0.2) is 18.1 Å². The molecular formula is C16H20FN3. The van der Waals surface area contributed by atoms with Crippen molar-refractivity contribution < 1.29 is 4.39 Å². The molecule has 3 nitrogen and oxygen atoms in total. The lowest BCUT2D eigenvalue weighted by atomic mass is 10.1. The maximum Gasteiger partial charge on any atom is 0.146 e. The molecule has 0 fully saturated rings. The summed E-state index contributed by atoms with van der Waals surface area (Å²) >= 11 is 0. The minimum absolute atomic E-state index is 0.208. The first kappa shape index (κ1) is 14.5. The minimum Gasteiger partial charge on any atom is -0.339 e. The SMILES string of the molecule is CCNCc1cnccc1N(CC)c1ccccc1F. The number of hydrogen-bond donors (Lipinski definition) is 1. The van der Waals surface area contributed by atoms with Gasteiger partial charge in [-0.2, -0.15) is 0 Å². The zero-order valence-corrected chi connectivity index (χ0v) is 11.9. The fourth-order valence-electron chi connectivity index (χ4n) is 2.22. The molecule has 1 N–H and O–H groups in total. The van der Waals surface area contributed by atoms with E-state index in [4.69, 9.17) is 0 Å². The molecule has 20 heavy (non-hydrogen) atoms. The lowest BCUT2D eigenvalue weighted by Crippen LogP contribution is -2.21. The molecule has 0 spiro atoms. The normalized spacial score (nSPS) is 10.6. The topological polar surface area (TPSA) is 28.2 Å². The van der Waals surface area contributed by atoms with Crippen LogP contribution in [0.2, 0.25) is 0 Å². The monoisotopic (exact) mass is 273 g/mol. The van der Waals surface area contributed by atoms with Crippen LogP contribution in [0.25, 0.3) is 0 Å². The Morgan fingerprint density at radius 3 is 2.65 bits per heavy atom. The van der Waals surface area contributed by atoms with Crippen LogP contribution in [0.3, 0.4) is 0 Å². The quantitative estimate of drug-likeness (QED) is 0.873. The summed E-state index contributed by atoms with van der Waals surface area (Å²) in [5.74, 6) is -0.208. The molecule has 0 radical (unpaired) electrons. The number of hydrogen-bond acceptors (Lipinski definition) is 3. The first-order chi connectivity index (χ1) is 9.77. The second-order valence-electron chi connectivity index (χ2n) is 4.48. The van der Waals surface area contributed by atoms with Crippen LogP contribution in [-0.2, 0) is 6.54 Å². The van der Waals surface area contributed by atoms with E-state index in [1.807, 2.05) is 30.2 Å². The molecule has 4 heteroatoms. The third-order valence-corrected chi connectivity index (χ3v) is 3.19. The van der Waals surface area contributed by atoms with E-state index in [-0.39, 0.29) is 5.82 Å². The minimum atomic E-state index is -0.208. The zero-order chi connectivity index (χ0) is 14.4. The first-order valence-electron chi connectivity index (χ1n) is 6.93. The van der Waals surface area contributed by atoms with E-state index in [9.17, 15) is 4.39 Å². The number of halogens is 1. The van der Waals surface area contributed by atoms with Gasteiger partial charge in [-0.1, -0.05) is 19.1 Å². The molecule has 1 aromatic heterocycles. The molecule has 0 atom stereocenters. The summed E-state index contributed by atoms with van der Waals surface area (Å²) in [5, 5.41) is 3.29. The van der Waals surface area contributed by atoms with Crippen LogP contribution in [0, 0.1) is 5.82 Å². The molecule has 0 bridgehead atoms. The standard InChI is InChI=1S/C16H20FN3/c1-3-18-11-13-12-19-10-9-15(13)20(4-2)16-8-6-5-7-14(16)17/h5-10,12,18H,3-4,11H2,1-2H3. The van der Waals surface area contributed by atoms with E-state index in [0.29, 0.717) is 12.2 Å². The van der Waals surface area contributed by atoms with Crippen molar-refractivity contribution in [1.29, 1.82) is 0 Å².